The van der Waals surface area contributed by atoms with Gasteiger partial charge in [-0.1, -0.05) is 92.7 Å². The van der Waals surface area contributed by atoms with Crippen molar-refractivity contribution in [3.05, 3.63) is 114 Å². The fourth-order valence-corrected chi connectivity index (χ4v) is 4.95. The number of carbonyl (C=O) groups is 5. The Morgan fingerprint density at radius 2 is 1.39 bits per heavy atom. The quantitative estimate of drug-likeness (QED) is 0.400. The maximum Gasteiger partial charge on any atom is 0.374 e. The highest BCUT2D eigenvalue weighted by Crippen LogP contribution is 2.34. The summed E-state index contributed by atoms with van der Waals surface area (Å²) in [5.74, 6) is -5.13. The van der Waals surface area contributed by atoms with E-state index in [0.717, 1.165) is 10.0 Å². The molecule has 210 valence electrons. The van der Waals surface area contributed by atoms with Crippen LogP contribution < -0.4 is 0 Å². The van der Waals surface area contributed by atoms with Gasteiger partial charge in [-0.3, -0.25) is 24.1 Å². The largest absolute Gasteiger partial charge is 0.475 e. The number of hydrogen-bond donors (Lipinski definition) is 1. The van der Waals surface area contributed by atoms with Crippen LogP contribution in [-0.2, 0) is 25.6 Å². The number of ketones is 1. The molecule has 9 nitrogen and oxygen atoms in total. The Morgan fingerprint density at radius 3 is 1.90 bits per heavy atom. The second-order valence-corrected chi connectivity index (χ2v) is 10.0. The van der Waals surface area contributed by atoms with Gasteiger partial charge in [-0.15, -0.1) is 0 Å². The summed E-state index contributed by atoms with van der Waals surface area (Å²) in [6.45, 7) is 4.72. The van der Waals surface area contributed by atoms with E-state index < -0.39 is 47.5 Å². The molecule has 4 rings (SSSR count). The van der Waals surface area contributed by atoms with E-state index in [0.29, 0.717) is 16.7 Å². The van der Waals surface area contributed by atoms with Gasteiger partial charge in [0.1, 0.15) is 12.1 Å². The number of Topliss-reactive ketones (excluding diaryl/α,β-unsaturated/α-hetero) is 1. The molecule has 1 aliphatic heterocycles. The van der Waals surface area contributed by atoms with Crippen LogP contribution in [-0.4, -0.2) is 61.6 Å². The maximum atomic E-state index is 14.4. The number of hydrazine groups is 1. The first-order valence-corrected chi connectivity index (χ1v) is 13.2. The van der Waals surface area contributed by atoms with Crippen LogP contribution in [0, 0.1) is 5.92 Å². The van der Waals surface area contributed by atoms with Crippen molar-refractivity contribution in [2.45, 2.75) is 39.3 Å². The Kier molecular flexibility index (Phi) is 8.77. The molecule has 0 aromatic heterocycles. The molecule has 0 spiro atoms. The molecule has 0 fully saturated rings. The Balaban J connectivity index is 1.93. The predicted molar refractivity (Wildman–Crippen MR) is 152 cm³/mol. The van der Waals surface area contributed by atoms with Gasteiger partial charge in [-0.05, 0) is 23.6 Å². The van der Waals surface area contributed by atoms with Gasteiger partial charge in [0, 0.05) is 30.7 Å². The third-order valence-corrected chi connectivity index (χ3v) is 6.83. The van der Waals surface area contributed by atoms with Gasteiger partial charge in [-0.2, -0.15) is 0 Å². The fourth-order valence-electron chi connectivity index (χ4n) is 4.95. The molecule has 1 heterocycles. The molecule has 0 saturated carbocycles. The molecule has 0 aliphatic carbocycles. The van der Waals surface area contributed by atoms with Crippen molar-refractivity contribution >= 4 is 35.2 Å². The molecule has 0 saturated heterocycles. The average molecular weight is 554 g/mol. The van der Waals surface area contributed by atoms with E-state index in [1.165, 1.54) is 18.0 Å². The smallest absolute Gasteiger partial charge is 0.374 e. The minimum absolute atomic E-state index is 0.142. The number of amides is 3. The monoisotopic (exact) mass is 553 g/mol. The van der Waals surface area contributed by atoms with E-state index in [-0.39, 0.29) is 12.1 Å². The first kappa shape index (κ1) is 28.9. The van der Waals surface area contributed by atoms with Gasteiger partial charge in [0.05, 0.1) is 5.70 Å². The van der Waals surface area contributed by atoms with Crippen molar-refractivity contribution in [3.63, 3.8) is 0 Å². The van der Waals surface area contributed by atoms with Crippen LogP contribution >= 0.6 is 0 Å². The van der Waals surface area contributed by atoms with Gasteiger partial charge in [0.25, 0.3) is 17.6 Å². The van der Waals surface area contributed by atoms with Crippen LogP contribution in [0.15, 0.2) is 97.2 Å². The van der Waals surface area contributed by atoms with Gasteiger partial charge < -0.3 is 5.11 Å². The average Bonchev–Trinajstić information content (AvgIpc) is 2.97. The molecule has 1 N–H and O–H groups in total. The summed E-state index contributed by atoms with van der Waals surface area (Å²) in [5, 5.41) is 11.7. The molecule has 9 heteroatoms. The van der Waals surface area contributed by atoms with E-state index in [4.69, 9.17) is 0 Å². The summed E-state index contributed by atoms with van der Waals surface area (Å²) >= 11 is 0. The van der Waals surface area contributed by atoms with Crippen LogP contribution in [0.2, 0.25) is 0 Å². The first-order valence-electron chi connectivity index (χ1n) is 13.2. The molecule has 2 atom stereocenters. The highest BCUT2D eigenvalue weighted by atomic mass is 16.4. The highest BCUT2D eigenvalue weighted by molar-refractivity contribution is 6.35. The summed E-state index contributed by atoms with van der Waals surface area (Å²) < 4.78 is 0. The van der Waals surface area contributed by atoms with E-state index in [2.05, 4.69) is 0 Å². The minimum Gasteiger partial charge on any atom is -0.475 e. The van der Waals surface area contributed by atoms with E-state index >= 15 is 0 Å². The number of carboxylic acid groups (broad SMARTS) is 1. The molecule has 41 heavy (non-hydrogen) atoms. The lowest BCUT2D eigenvalue weighted by molar-refractivity contribution is -0.169. The summed E-state index contributed by atoms with van der Waals surface area (Å²) in [4.78, 5) is 67.9. The summed E-state index contributed by atoms with van der Waals surface area (Å²) in [7, 11) is 0. The Bertz CT molecular complexity index is 1470. The number of hydrogen-bond acceptors (Lipinski definition) is 5. The second kappa shape index (κ2) is 12.4. The van der Waals surface area contributed by atoms with Gasteiger partial charge in [0.15, 0.2) is 0 Å². The summed E-state index contributed by atoms with van der Waals surface area (Å²) in [5.41, 5.74) is 1.62. The predicted octanol–water partition coefficient (Wildman–Crippen LogP) is 4.02. The van der Waals surface area contributed by atoms with Gasteiger partial charge >= 0.3 is 5.97 Å². The molecule has 0 bridgehead atoms. The zero-order valence-corrected chi connectivity index (χ0v) is 23.0. The molecular weight excluding hydrogens is 522 g/mol. The molecule has 0 radical (unpaired) electrons. The van der Waals surface area contributed by atoms with Crippen molar-refractivity contribution in [2.24, 2.45) is 5.92 Å². The third kappa shape index (κ3) is 6.09. The SMILES string of the molecule is CC(=O)N([C@@H](Cc1ccccc1)C(=O)C(=O)O)N1C(=O)[C@@H](C(C)C)N(C(=O)c2ccccc2)C=C1c1ccccc1. The van der Waals surface area contributed by atoms with Crippen LogP contribution in [0.4, 0.5) is 0 Å². The lowest BCUT2D eigenvalue weighted by atomic mass is 9.96. The number of carbonyl (C=O) groups excluding carboxylic acids is 4. The van der Waals surface area contributed by atoms with Crippen molar-refractivity contribution in [2.75, 3.05) is 0 Å². The zero-order chi connectivity index (χ0) is 29.7. The number of benzene rings is 3. The molecule has 3 aromatic carbocycles. The van der Waals surface area contributed by atoms with Crippen molar-refractivity contribution in [1.82, 2.24) is 14.9 Å². The van der Waals surface area contributed by atoms with Crippen LogP contribution in [0.3, 0.4) is 0 Å². The number of nitrogens with zero attached hydrogens (tertiary/aromatic N) is 3. The molecular formula is C32H31N3O6. The Morgan fingerprint density at radius 1 is 0.854 bits per heavy atom. The number of carboxylic acids is 1. The highest BCUT2D eigenvalue weighted by Gasteiger charge is 2.47. The van der Waals surface area contributed by atoms with E-state index in [1.54, 1.807) is 105 Å². The van der Waals surface area contributed by atoms with Crippen LogP contribution in [0.5, 0.6) is 0 Å². The van der Waals surface area contributed by atoms with Crippen molar-refractivity contribution in [3.8, 4) is 0 Å². The Labute approximate surface area is 238 Å². The van der Waals surface area contributed by atoms with Gasteiger partial charge in [0.2, 0.25) is 5.91 Å². The molecule has 3 aromatic rings. The van der Waals surface area contributed by atoms with Gasteiger partial charge in [-0.25, -0.2) is 14.8 Å². The third-order valence-electron chi connectivity index (χ3n) is 6.83. The minimum atomic E-state index is -1.73. The second-order valence-electron chi connectivity index (χ2n) is 10.0. The normalized spacial score (nSPS) is 15.8. The number of aliphatic carboxylic acids is 1. The van der Waals surface area contributed by atoms with Crippen molar-refractivity contribution in [1.29, 1.82) is 0 Å². The fraction of sp³-hybridized carbons (Fsp3) is 0.219. The standard InChI is InChI=1S/C32H31N3O6/c1-21(2)28-31(39)35(34(22(3)36)26(29(37)32(40)41)19-23-13-7-4-8-14-23)27(24-15-9-5-10-16-24)20-33(28)30(38)25-17-11-6-12-18-25/h4-18,20-21,26,28H,19H2,1-3H3,(H,40,41)/t26-,28+/m0/s1. The topological polar surface area (TPSA) is 115 Å². The zero-order valence-electron chi connectivity index (χ0n) is 23.0. The summed E-state index contributed by atoms with van der Waals surface area (Å²) in [6, 6.07) is 23.3. The van der Waals surface area contributed by atoms with E-state index in [9.17, 15) is 29.1 Å². The molecule has 1 aliphatic rings. The molecule has 0 unspecified atom stereocenters. The lowest BCUT2D eigenvalue weighted by Gasteiger charge is -2.46. The maximum absolute atomic E-state index is 14.4. The molecule has 3 amide bonds. The van der Waals surface area contributed by atoms with Crippen molar-refractivity contribution < 1.29 is 29.1 Å². The van der Waals surface area contributed by atoms with Crippen LogP contribution in [0.1, 0.15) is 42.3 Å². The number of rotatable bonds is 9. The first-order chi connectivity index (χ1) is 19.6. The summed E-state index contributed by atoms with van der Waals surface area (Å²) in [6.07, 6.45) is 1.36. The lowest BCUT2D eigenvalue weighted by Crippen LogP contribution is -2.64. The van der Waals surface area contributed by atoms with Crippen LogP contribution in [0.25, 0.3) is 5.70 Å². The van der Waals surface area contributed by atoms with E-state index in [1.807, 2.05) is 0 Å². The Hall–Kier alpha value is -5.05.